The van der Waals surface area contributed by atoms with Crippen LogP contribution in [0.1, 0.15) is 43.4 Å². The summed E-state index contributed by atoms with van der Waals surface area (Å²) >= 11 is 0. The summed E-state index contributed by atoms with van der Waals surface area (Å²) in [6, 6.07) is 22.6. The second kappa shape index (κ2) is 8.51. The molecular formula is C35H27N5O. The van der Waals surface area contributed by atoms with Crippen molar-refractivity contribution in [2.24, 2.45) is 0 Å². The van der Waals surface area contributed by atoms with Crippen LogP contribution in [0.15, 0.2) is 103 Å². The molecule has 2 aromatic carbocycles. The number of allylic oxidation sites excluding steroid dienone is 2. The van der Waals surface area contributed by atoms with Crippen LogP contribution < -0.4 is 4.74 Å². The lowest BCUT2D eigenvalue weighted by atomic mass is 9.79. The molecule has 0 fully saturated rings. The van der Waals surface area contributed by atoms with E-state index in [1.165, 1.54) is 27.8 Å². The van der Waals surface area contributed by atoms with E-state index in [9.17, 15) is 0 Å². The summed E-state index contributed by atoms with van der Waals surface area (Å²) in [4.78, 5) is 23.5. The summed E-state index contributed by atoms with van der Waals surface area (Å²) in [7, 11) is 0. The maximum absolute atomic E-state index is 6.54. The summed E-state index contributed by atoms with van der Waals surface area (Å²) in [6.45, 7) is 6.73. The third-order valence-corrected chi connectivity index (χ3v) is 8.61. The minimum atomic E-state index is -0.335. The van der Waals surface area contributed by atoms with Crippen LogP contribution in [0.2, 0.25) is 0 Å². The molecule has 2 unspecified atom stereocenters. The summed E-state index contributed by atoms with van der Waals surface area (Å²) < 4.78 is 6.54. The molecule has 4 heterocycles. The van der Waals surface area contributed by atoms with Crippen molar-refractivity contribution < 1.29 is 4.74 Å². The highest BCUT2D eigenvalue weighted by molar-refractivity contribution is 5.85. The predicted molar refractivity (Wildman–Crippen MR) is 159 cm³/mol. The molecule has 2 aliphatic carbocycles. The SMILES string of the molecule is CC1(C)c2cc(-c3nc(-c4ccccn4)nc(-c4ccccn4)n3)ccc2-c2cc3c(cc21)OC1(C)C=CC=CC31. The van der Waals surface area contributed by atoms with Gasteiger partial charge in [-0.1, -0.05) is 56.3 Å². The van der Waals surface area contributed by atoms with Gasteiger partial charge in [-0.05, 0) is 77.7 Å². The van der Waals surface area contributed by atoms with Crippen molar-refractivity contribution >= 4 is 0 Å². The summed E-state index contributed by atoms with van der Waals surface area (Å²) in [5.41, 5.74) is 8.03. The quantitative estimate of drug-likeness (QED) is 0.242. The van der Waals surface area contributed by atoms with Crippen molar-refractivity contribution in [1.29, 1.82) is 0 Å². The lowest BCUT2D eigenvalue weighted by Crippen LogP contribution is -2.32. The molecular weight excluding hydrogens is 506 g/mol. The monoisotopic (exact) mass is 533 g/mol. The number of fused-ring (bicyclic) bond motifs is 6. The van der Waals surface area contributed by atoms with E-state index in [1.54, 1.807) is 12.4 Å². The van der Waals surface area contributed by atoms with Gasteiger partial charge in [-0.3, -0.25) is 9.97 Å². The Kier molecular flexibility index (Phi) is 4.96. The lowest BCUT2D eigenvalue weighted by molar-refractivity contribution is 0.155. The Bertz CT molecular complexity index is 1860. The average molecular weight is 534 g/mol. The largest absolute Gasteiger partial charge is 0.482 e. The molecule has 3 aromatic heterocycles. The van der Waals surface area contributed by atoms with Gasteiger partial charge in [0.25, 0.3) is 0 Å². The minimum Gasteiger partial charge on any atom is -0.482 e. The second-order valence-electron chi connectivity index (χ2n) is 11.6. The van der Waals surface area contributed by atoms with Crippen LogP contribution in [-0.2, 0) is 5.41 Å². The van der Waals surface area contributed by atoms with Gasteiger partial charge in [-0.2, -0.15) is 0 Å². The lowest BCUT2D eigenvalue weighted by Gasteiger charge is -2.27. The molecule has 2 atom stereocenters. The van der Waals surface area contributed by atoms with Gasteiger partial charge in [-0.15, -0.1) is 0 Å². The highest BCUT2D eigenvalue weighted by Crippen LogP contribution is 2.56. The molecule has 5 aromatic rings. The first-order valence-electron chi connectivity index (χ1n) is 13.9. The minimum absolute atomic E-state index is 0.208. The van der Waals surface area contributed by atoms with E-state index >= 15 is 0 Å². The first-order valence-corrected chi connectivity index (χ1v) is 13.9. The Labute approximate surface area is 238 Å². The Hall–Kier alpha value is -4.97. The fraction of sp³-hybridized carbons (Fsp3) is 0.171. The Morgan fingerprint density at radius 1 is 0.683 bits per heavy atom. The standard InChI is InChI=1S/C35H27N5O/c1-34(2)26-18-21(31-38-32(28-11-5-8-16-36-28)40-33(39-31)29-12-6-9-17-37-29)13-14-22(26)23-19-24-25-10-4-7-15-35(25,3)41-30(24)20-27(23)34/h4-20,25H,1-3H3. The third kappa shape index (κ3) is 3.60. The molecule has 6 nitrogen and oxygen atoms in total. The van der Waals surface area contributed by atoms with E-state index in [4.69, 9.17) is 19.7 Å². The van der Waals surface area contributed by atoms with Gasteiger partial charge in [0.1, 0.15) is 22.7 Å². The maximum Gasteiger partial charge on any atom is 0.182 e. The highest BCUT2D eigenvalue weighted by atomic mass is 16.5. The van der Waals surface area contributed by atoms with Crippen molar-refractivity contribution in [3.63, 3.8) is 0 Å². The first-order chi connectivity index (χ1) is 19.9. The number of hydrogen-bond donors (Lipinski definition) is 0. The topological polar surface area (TPSA) is 73.7 Å². The third-order valence-electron chi connectivity index (χ3n) is 8.61. The number of rotatable bonds is 3. The van der Waals surface area contributed by atoms with Gasteiger partial charge in [0.05, 0.1) is 0 Å². The molecule has 0 saturated heterocycles. The first kappa shape index (κ1) is 23.9. The average Bonchev–Trinajstić information content (AvgIpc) is 3.43. The van der Waals surface area contributed by atoms with Crippen molar-refractivity contribution in [3.8, 4) is 51.3 Å². The maximum atomic E-state index is 6.54. The normalized spacial score (nSPS) is 20.6. The van der Waals surface area contributed by atoms with E-state index in [1.807, 2.05) is 36.4 Å². The van der Waals surface area contributed by atoms with E-state index in [0.29, 0.717) is 28.9 Å². The molecule has 41 heavy (non-hydrogen) atoms. The zero-order valence-corrected chi connectivity index (χ0v) is 23.0. The molecule has 0 saturated carbocycles. The van der Waals surface area contributed by atoms with Crippen LogP contribution in [-0.4, -0.2) is 30.5 Å². The fourth-order valence-corrected chi connectivity index (χ4v) is 6.44. The van der Waals surface area contributed by atoms with Crippen molar-refractivity contribution in [3.05, 3.63) is 120 Å². The van der Waals surface area contributed by atoms with Gasteiger partial charge in [0.15, 0.2) is 17.5 Å². The summed E-state index contributed by atoms with van der Waals surface area (Å²) in [6.07, 6.45) is 12.1. The predicted octanol–water partition coefficient (Wildman–Crippen LogP) is 7.33. The van der Waals surface area contributed by atoms with Crippen LogP contribution in [0, 0.1) is 0 Å². The molecule has 0 radical (unpaired) electrons. The van der Waals surface area contributed by atoms with E-state index in [-0.39, 0.29) is 16.9 Å². The Morgan fingerprint density at radius 2 is 1.37 bits per heavy atom. The molecule has 1 aliphatic heterocycles. The van der Waals surface area contributed by atoms with Crippen LogP contribution >= 0.6 is 0 Å². The van der Waals surface area contributed by atoms with Crippen LogP contribution in [0.4, 0.5) is 0 Å². The molecule has 0 amide bonds. The molecule has 6 heteroatoms. The number of aromatic nitrogens is 5. The molecule has 8 rings (SSSR count). The van der Waals surface area contributed by atoms with Crippen LogP contribution in [0.5, 0.6) is 5.75 Å². The second-order valence-corrected chi connectivity index (χ2v) is 11.6. The summed E-state index contributed by atoms with van der Waals surface area (Å²) in [5.74, 6) is 2.82. The number of pyridine rings is 2. The fourth-order valence-electron chi connectivity index (χ4n) is 6.44. The van der Waals surface area contributed by atoms with Gasteiger partial charge < -0.3 is 4.74 Å². The number of benzene rings is 2. The Balaban J connectivity index is 1.26. The zero-order chi connectivity index (χ0) is 27.8. The highest BCUT2D eigenvalue weighted by Gasteiger charge is 2.45. The summed E-state index contributed by atoms with van der Waals surface area (Å²) in [5, 5.41) is 0. The van der Waals surface area contributed by atoms with Crippen molar-refractivity contribution in [2.75, 3.05) is 0 Å². The van der Waals surface area contributed by atoms with Crippen LogP contribution in [0.3, 0.4) is 0 Å². The van der Waals surface area contributed by atoms with Gasteiger partial charge in [0, 0.05) is 34.9 Å². The number of nitrogens with zero attached hydrogens (tertiary/aromatic N) is 5. The van der Waals surface area contributed by atoms with E-state index in [0.717, 1.165) is 11.3 Å². The van der Waals surface area contributed by atoms with Gasteiger partial charge in [-0.25, -0.2) is 15.0 Å². The van der Waals surface area contributed by atoms with Crippen molar-refractivity contribution in [1.82, 2.24) is 24.9 Å². The molecule has 0 spiro atoms. The molecule has 198 valence electrons. The van der Waals surface area contributed by atoms with E-state index < -0.39 is 0 Å². The van der Waals surface area contributed by atoms with Gasteiger partial charge >= 0.3 is 0 Å². The smallest absolute Gasteiger partial charge is 0.182 e. The number of ether oxygens (including phenoxy) is 1. The number of hydrogen-bond acceptors (Lipinski definition) is 6. The van der Waals surface area contributed by atoms with Gasteiger partial charge in [0.2, 0.25) is 0 Å². The molecule has 0 bridgehead atoms. The Morgan fingerprint density at radius 3 is 2.05 bits per heavy atom. The van der Waals surface area contributed by atoms with Crippen LogP contribution in [0.25, 0.3) is 45.6 Å². The zero-order valence-electron chi connectivity index (χ0n) is 23.0. The van der Waals surface area contributed by atoms with E-state index in [2.05, 4.69) is 85.4 Å². The molecule has 0 N–H and O–H groups in total. The van der Waals surface area contributed by atoms with Crippen molar-refractivity contribution in [2.45, 2.75) is 37.7 Å². The molecule has 3 aliphatic rings.